The Hall–Kier alpha value is -2.26. The van der Waals surface area contributed by atoms with E-state index in [0.29, 0.717) is 31.2 Å². The maximum absolute atomic E-state index is 12.4. The van der Waals surface area contributed by atoms with Gasteiger partial charge >= 0.3 is 0 Å². The highest BCUT2D eigenvalue weighted by molar-refractivity contribution is 5.95. The monoisotopic (exact) mass is 376 g/mol. The quantitative estimate of drug-likeness (QED) is 0.638. The van der Waals surface area contributed by atoms with Gasteiger partial charge in [-0.25, -0.2) is 0 Å². The molecule has 0 spiro atoms. The van der Waals surface area contributed by atoms with Gasteiger partial charge in [0.1, 0.15) is 0 Å². The van der Waals surface area contributed by atoms with Crippen LogP contribution in [-0.4, -0.2) is 64.5 Å². The fourth-order valence-electron chi connectivity index (χ4n) is 3.45. The molecule has 1 fully saturated rings. The molecule has 2 aromatic rings. The number of amides is 1. The van der Waals surface area contributed by atoms with Crippen molar-refractivity contribution >= 4 is 5.91 Å². The first-order valence-electron chi connectivity index (χ1n) is 9.55. The zero-order chi connectivity index (χ0) is 19.1. The number of likely N-dealkylation sites (tertiary alicyclic amines) is 1. The molecule has 2 N–H and O–H groups in total. The summed E-state index contributed by atoms with van der Waals surface area (Å²) in [6, 6.07) is 0. The molecule has 1 atom stereocenters. The van der Waals surface area contributed by atoms with Gasteiger partial charge in [-0.1, -0.05) is 12.1 Å². The molecule has 3 rings (SSSR count). The lowest BCUT2D eigenvalue weighted by Gasteiger charge is -2.31. The van der Waals surface area contributed by atoms with E-state index in [2.05, 4.69) is 37.5 Å². The van der Waals surface area contributed by atoms with Crippen LogP contribution < -0.4 is 5.32 Å². The molecule has 1 saturated heterocycles. The molecule has 148 valence electrons. The van der Waals surface area contributed by atoms with E-state index in [-0.39, 0.29) is 11.8 Å². The van der Waals surface area contributed by atoms with E-state index < -0.39 is 0 Å². The Balaban J connectivity index is 1.61. The van der Waals surface area contributed by atoms with Crippen molar-refractivity contribution in [3.8, 4) is 0 Å². The minimum absolute atomic E-state index is 0.115. The van der Waals surface area contributed by atoms with Crippen molar-refractivity contribution in [2.45, 2.75) is 45.1 Å². The van der Waals surface area contributed by atoms with E-state index in [4.69, 9.17) is 9.26 Å². The lowest BCUT2D eigenvalue weighted by molar-refractivity contribution is 0.0934. The number of H-pyrrole nitrogens is 1. The van der Waals surface area contributed by atoms with Crippen molar-refractivity contribution in [3.63, 3.8) is 0 Å². The van der Waals surface area contributed by atoms with Crippen LogP contribution in [0.4, 0.5) is 0 Å². The molecule has 0 aliphatic carbocycles. The standard InChI is InChI=1S/C18H28N6O3/c1-3-5-16-21-15(23-27-16)12-24-8-4-6-13(11-24)17-14(10-20-22-17)18(25)19-7-9-26-2/h10,13H,3-9,11-12H2,1-2H3,(H,19,25)(H,20,22)/t13-/m1/s1. The lowest BCUT2D eigenvalue weighted by atomic mass is 9.92. The van der Waals surface area contributed by atoms with Gasteiger partial charge in [-0.15, -0.1) is 0 Å². The highest BCUT2D eigenvalue weighted by Gasteiger charge is 2.27. The van der Waals surface area contributed by atoms with Crippen molar-refractivity contribution < 1.29 is 14.1 Å². The number of carbonyl (C=O) groups excluding carboxylic acids is 1. The van der Waals surface area contributed by atoms with Crippen molar-refractivity contribution in [2.24, 2.45) is 0 Å². The molecule has 0 bridgehead atoms. The third-order valence-electron chi connectivity index (χ3n) is 4.76. The van der Waals surface area contributed by atoms with E-state index >= 15 is 0 Å². The van der Waals surface area contributed by atoms with Gasteiger partial charge in [0.2, 0.25) is 5.89 Å². The Kier molecular flexibility index (Phi) is 6.94. The minimum Gasteiger partial charge on any atom is -0.383 e. The van der Waals surface area contributed by atoms with Gasteiger partial charge in [0.05, 0.1) is 30.6 Å². The Morgan fingerprint density at radius 2 is 2.41 bits per heavy atom. The van der Waals surface area contributed by atoms with E-state index in [0.717, 1.165) is 50.3 Å². The Labute approximate surface area is 158 Å². The number of nitrogens with zero attached hydrogens (tertiary/aromatic N) is 4. The normalized spacial score (nSPS) is 17.9. The van der Waals surface area contributed by atoms with Gasteiger partial charge in [0.15, 0.2) is 5.82 Å². The Bertz CT molecular complexity index is 728. The van der Waals surface area contributed by atoms with Gasteiger partial charge in [-0.2, -0.15) is 10.1 Å². The first-order valence-corrected chi connectivity index (χ1v) is 9.55. The Morgan fingerprint density at radius 1 is 1.52 bits per heavy atom. The maximum Gasteiger partial charge on any atom is 0.254 e. The van der Waals surface area contributed by atoms with Crippen LogP contribution in [0.5, 0.6) is 0 Å². The molecule has 2 aromatic heterocycles. The van der Waals surface area contributed by atoms with Crippen LogP contribution in [0.25, 0.3) is 0 Å². The molecule has 1 aliphatic rings. The fourth-order valence-corrected chi connectivity index (χ4v) is 3.45. The summed E-state index contributed by atoms with van der Waals surface area (Å²) < 4.78 is 10.3. The van der Waals surface area contributed by atoms with Crippen LogP contribution in [0, 0.1) is 0 Å². The second-order valence-electron chi connectivity index (χ2n) is 6.87. The average molecular weight is 376 g/mol. The molecule has 0 radical (unpaired) electrons. The SMILES string of the molecule is CCCc1nc(CN2CCC[C@@H](c3[nH]ncc3C(=O)NCCOC)C2)no1. The number of hydrogen-bond acceptors (Lipinski definition) is 7. The summed E-state index contributed by atoms with van der Waals surface area (Å²) in [4.78, 5) is 19.2. The average Bonchev–Trinajstić information content (AvgIpc) is 3.32. The summed E-state index contributed by atoms with van der Waals surface area (Å²) in [5.41, 5.74) is 1.51. The molecular formula is C18H28N6O3. The number of aromatic nitrogens is 4. The van der Waals surface area contributed by atoms with Crippen LogP contribution in [0.15, 0.2) is 10.7 Å². The summed E-state index contributed by atoms with van der Waals surface area (Å²) in [7, 11) is 1.61. The highest BCUT2D eigenvalue weighted by atomic mass is 16.5. The fraction of sp³-hybridized carbons (Fsp3) is 0.667. The van der Waals surface area contributed by atoms with Crippen molar-refractivity contribution in [2.75, 3.05) is 33.4 Å². The van der Waals surface area contributed by atoms with Crippen LogP contribution in [-0.2, 0) is 17.7 Å². The van der Waals surface area contributed by atoms with Crippen molar-refractivity contribution in [1.29, 1.82) is 0 Å². The van der Waals surface area contributed by atoms with Crippen LogP contribution in [0.1, 0.15) is 59.9 Å². The predicted molar refractivity (Wildman–Crippen MR) is 98.3 cm³/mol. The number of aromatic amines is 1. The van der Waals surface area contributed by atoms with Gasteiger partial charge in [0, 0.05) is 32.5 Å². The van der Waals surface area contributed by atoms with Crippen LogP contribution >= 0.6 is 0 Å². The van der Waals surface area contributed by atoms with Gasteiger partial charge in [0.25, 0.3) is 5.91 Å². The van der Waals surface area contributed by atoms with Gasteiger partial charge in [-0.3, -0.25) is 14.8 Å². The zero-order valence-corrected chi connectivity index (χ0v) is 16.0. The maximum atomic E-state index is 12.4. The predicted octanol–water partition coefficient (Wildman–Crippen LogP) is 1.50. The Morgan fingerprint density at radius 3 is 3.22 bits per heavy atom. The first-order chi connectivity index (χ1) is 13.2. The van der Waals surface area contributed by atoms with E-state index in [9.17, 15) is 4.79 Å². The molecule has 0 unspecified atom stereocenters. The lowest BCUT2D eigenvalue weighted by Crippen LogP contribution is -2.35. The molecule has 9 heteroatoms. The topological polar surface area (TPSA) is 109 Å². The van der Waals surface area contributed by atoms with Crippen LogP contribution in [0.2, 0.25) is 0 Å². The summed E-state index contributed by atoms with van der Waals surface area (Å²) in [5.74, 6) is 1.53. The summed E-state index contributed by atoms with van der Waals surface area (Å²) in [6.07, 6.45) is 5.47. The van der Waals surface area contributed by atoms with E-state index in [1.165, 1.54) is 0 Å². The number of methoxy groups -OCH3 is 1. The first kappa shape index (κ1) is 19.5. The second-order valence-corrected chi connectivity index (χ2v) is 6.87. The smallest absolute Gasteiger partial charge is 0.254 e. The minimum atomic E-state index is -0.115. The summed E-state index contributed by atoms with van der Waals surface area (Å²) >= 11 is 0. The van der Waals surface area contributed by atoms with E-state index in [1.54, 1.807) is 13.3 Å². The molecule has 1 aliphatic heterocycles. The number of piperidine rings is 1. The molecule has 9 nitrogen and oxygen atoms in total. The largest absolute Gasteiger partial charge is 0.383 e. The molecule has 0 saturated carbocycles. The second kappa shape index (κ2) is 9.61. The number of carbonyl (C=O) groups is 1. The number of ether oxygens (including phenoxy) is 1. The molecule has 27 heavy (non-hydrogen) atoms. The van der Waals surface area contributed by atoms with Crippen LogP contribution in [0.3, 0.4) is 0 Å². The number of aryl methyl sites for hydroxylation is 1. The molecule has 0 aromatic carbocycles. The van der Waals surface area contributed by atoms with Crippen molar-refractivity contribution in [3.05, 3.63) is 29.2 Å². The van der Waals surface area contributed by atoms with E-state index in [1.807, 2.05) is 0 Å². The van der Waals surface area contributed by atoms with Crippen molar-refractivity contribution in [1.82, 2.24) is 30.6 Å². The molecule has 1 amide bonds. The number of nitrogens with one attached hydrogen (secondary N) is 2. The molecular weight excluding hydrogens is 348 g/mol. The highest BCUT2D eigenvalue weighted by Crippen LogP contribution is 2.28. The van der Waals surface area contributed by atoms with Gasteiger partial charge < -0.3 is 14.6 Å². The molecule has 3 heterocycles. The number of rotatable bonds is 9. The number of hydrogen-bond donors (Lipinski definition) is 2. The zero-order valence-electron chi connectivity index (χ0n) is 16.0. The third kappa shape index (κ3) is 5.14. The summed E-state index contributed by atoms with van der Waals surface area (Å²) in [5, 5.41) is 14.1. The third-order valence-corrected chi connectivity index (χ3v) is 4.76. The van der Waals surface area contributed by atoms with Gasteiger partial charge in [-0.05, 0) is 25.8 Å². The summed E-state index contributed by atoms with van der Waals surface area (Å²) in [6.45, 7) is 5.53.